The van der Waals surface area contributed by atoms with Gasteiger partial charge in [0.15, 0.2) is 0 Å². The summed E-state index contributed by atoms with van der Waals surface area (Å²) in [6, 6.07) is 7.03. The topological polar surface area (TPSA) is 60.3 Å². The van der Waals surface area contributed by atoms with E-state index in [0.29, 0.717) is 22.0 Å². The van der Waals surface area contributed by atoms with E-state index in [1.165, 1.54) is 7.11 Å². The molecule has 5 nitrogen and oxygen atoms in total. The van der Waals surface area contributed by atoms with Gasteiger partial charge in [-0.1, -0.05) is 11.6 Å². The first-order valence-corrected chi connectivity index (χ1v) is 8.17. The number of amides is 1. The number of hydrogen-bond acceptors (Lipinski definition) is 3. The molecule has 1 aliphatic carbocycles. The van der Waals surface area contributed by atoms with E-state index in [0.717, 1.165) is 18.5 Å². The number of hydrogen-bond donors (Lipinski definition) is 1. The predicted molar refractivity (Wildman–Crippen MR) is 94.4 cm³/mol. The third kappa shape index (κ3) is 3.04. The van der Waals surface area contributed by atoms with Crippen LogP contribution in [0.1, 0.15) is 40.5 Å². The predicted octanol–water partition coefficient (Wildman–Crippen LogP) is 3.71. The highest BCUT2D eigenvalue weighted by molar-refractivity contribution is 6.31. The first kappa shape index (κ1) is 16.6. The van der Waals surface area contributed by atoms with Gasteiger partial charge in [0.25, 0.3) is 11.5 Å². The van der Waals surface area contributed by atoms with Crippen molar-refractivity contribution < 1.29 is 9.53 Å². The molecule has 1 heterocycles. The molecule has 1 amide bonds. The Morgan fingerprint density at radius 2 is 2.00 bits per heavy atom. The van der Waals surface area contributed by atoms with Crippen molar-refractivity contribution in [1.29, 1.82) is 0 Å². The van der Waals surface area contributed by atoms with E-state index in [1.54, 1.807) is 29.7 Å². The number of carbonyl (C=O) groups excluding carboxylic acids is 1. The second-order valence-corrected chi connectivity index (χ2v) is 6.49. The number of carbonyl (C=O) groups is 1. The Morgan fingerprint density at radius 3 is 2.62 bits per heavy atom. The Labute approximate surface area is 145 Å². The summed E-state index contributed by atoms with van der Waals surface area (Å²) >= 11 is 5.99. The Morgan fingerprint density at radius 1 is 1.29 bits per heavy atom. The summed E-state index contributed by atoms with van der Waals surface area (Å²) in [4.78, 5) is 25.5. The van der Waals surface area contributed by atoms with Crippen LogP contribution in [-0.2, 0) is 0 Å². The molecule has 126 valence electrons. The first-order valence-electron chi connectivity index (χ1n) is 7.80. The zero-order valence-corrected chi connectivity index (χ0v) is 14.6. The zero-order chi connectivity index (χ0) is 17.4. The average Bonchev–Trinajstić information content (AvgIpc) is 3.31. The number of halogens is 1. The molecule has 3 rings (SSSR count). The maximum atomic E-state index is 12.8. The molecule has 1 N–H and O–H groups in total. The smallest absolute Gasteiger partial charge is 0.264 e. The second kappa shape index (κ2) is 6.32. The fourth-order valence-corrected chi connectivity index (χ4v) is 3.10. The number of pyridine rings is 1. The van der Waals surface area contributed by atoms with Crippen LogP contribution in [0.5, 0.6) is 5.75 Å². The van der Waals surface area contributed by atoms with E-state index in [1.807, 2.05) is 13.0 Å². The molecule has 0 aliphatic heterocycles. The van der Waals surface area contributed by atoms with Crippen molar-refractivity contribution in [1.82, 2.24) is 4.57 Å². The number of anilines is 1. The van der Waals surface area contributed by atoms with Gasteiger partial charge in [-0.2, -0.15) is 0 Å². The SMILES string of the molecule is COc1ccc(Cl)cc1NC(=O)c1c(C)cc(C)n(C2CC2)c1=O. The minimum absolute atomic E-state index is 0.162. The van der Waals surface area contributed by atoms with E-state index in [-0.39, 0.29) is 17.2 Å². The normalized spacial score (nSPS) is 13.7. The van der Waals surface area contributed by atoms with Crippen LogP contribution >= 0.6 is 11.6 Å². The van der Waals surface area contributed by atoms with Crippen molar-refractivity contribution in [2.45, 2.75) is 32.7 Å². The van der Waals surface area contributed by atoms with Crippen LogP contribution in [0.2, 0.25) is 5.02 Å². The highest BCUT2D eigenvalue weighted by Crippen LogP contribution is 2.35. The molecule has 0 bridgehead atoms. The van der Waals surface area contributed by atoms with Crippen molar-refractivity contribution in [3.63, 3.8) is 0 Å². The molecule has 1 saturated carbocycles. The van der Waals surface area contributed by atoms with Crippen molar-refractivity contribution >= 4 is 23.2 Å². The van der Waals surface area contributed by atoms with Gasteiger partial charge in [0.1, 0.15) is 11.3 Å². The summed E-state index contributed by atoms with van der Waals surface area (Å²) in [5, 5.41) is 3.22. The summed E-state index contributed by atoms with van der Waals surface area (Å²) in [5.74, 6) is 0.0347. The third-order valence-corrected chi connectivity index (χ3v) is 4.42. The lowest BCUT2D eigenvalue weighted by Gasteiger charge is -2.15. The van der Waals surface area contributed by atoms with Gasteiger partial charge in [-0.25, -0.2) is 0 Å². The fraction of sp³-hybridized carbons (Fsp3) is 0.333. The number of benzene rings is 1. The molecule has 0 radical (unpaired) electrons. The van der Waals surface area contributed by atoms with E-state index >= 15 is 0 Å². The van der Waals surface area contributed by atoms with Gasteiger partial charge in [0.05, 0.1) is 12.8 Å². The van der Waals surface area contributed by atoms with Gasteiger partial charge < -0.3 is 14.6 Å². The minimum Gasteiger partial charge on any atom is -0.495 e. The molecule has 0 unspecified atom stereocenters. The molecular formula is C18H19ClN2O3. The van der Waals surface area contributed by atoms with Crippen LogP contribution in [0.4, 0.5) is 5.69 Å². The molecule has 6 heteroatoms. The van der Waals surface area contributed by atoms with Gasteiger partial charge in [-0.05, 0) is 56.5 Å². The maximum absolute atomic E-state index is 12.8. The Kier molecular flexibility index (Phi) is 4.37. The lowest BCUT2D eigenvalue weighted by molar-refractivity contribution is 0.102. The van der Waals surface area contributed by atoms with E-state index in [9.17, 15) is 9.59 Å². The quantitative estimate of drug-likeness (QED) is 0.917. The molecule has 1 aromatic carbocycles. The summed E-state index contributed by atoms with van der Waals surface area (Å²) < 4.78 is 6.95. The van der Waals surface area contributed by atoms with E-state index in [2.05, 4.69) is 5.32 Å². The van der Waals surface area contributed by atoms with Gasteiger partial charge in [-0.3, -0.25) is 9.59 Å². The van der Waals surface area contributed by atoms with Gasteiger partial charge in [0, 0.05) is 16.8 Å². The number of aryl methyl sites for hydroxylation is 2. The monoisotopic (exact) mass is 346 g/mol. The Hall–Kier alpha value is -2.27. The lowest BCUT2D eigenvalue weighted by Crippen LogP contribution is -2.31. The van der Waals surface area contributed by atoms with Crippen molar-refractivity contribution in [3.8, 4) is 5.75 Å². The molecule has 0 saturated heterocycles. The first-order chi connectivity index (χ1) is 11.4. The molecule has 2 aromatic rings. The number of methoxy groups -OCH3 is 1. The summed E-state index contributed by atoms with van der Waals surface area (Å²) in [6.45, 7) is 3.67. The van der Waals surface area contributed by atoms with E-state index in [4.69, 9.17) is 16.3 Å². The molecule has 24 heavy (non-hydrogen) atoms. The summed E-state index contributed by atoms with van der Waals surface area (Å²) in [5.41, 5.74) is 1.90. The van der Waals surface area contributed by atoms with Crippen molar-refractivity contribution in [3.05, 3.63) is 56.5 Å². The molecule has 1 fully saturated rings. The highest BCUT2D eigenvalue weighted by Gasteiger charge is 2.29. The number of rotatable bonds is 4. The van der Waals surface area contributed by atoms with Crippen molar-refractivity contribution in [2.24, 2.45) is 0 Å². The van der Waals surface area contributed by atoms with Gasteiger partial charge in [0.2, 0.25) is 0 Å². The van der Waals surface area contributed by atoms with Gasteiger partial charge >= 0.3 is 0 Å². The van der Waals surface area contributed by atoms with Crippen molar-refractivity contribution in [2.75, 3.05) is 12.4 Å². The molecule has 1 aliphatic rings. The van der Waals surface area contributed by atoms with Crippen LogP contribution in [0.15, 0.2) is 29.1 Å². The van der Waals surface area contributed by atoms with Gasteiger partial charge in [-0.15, -0.1) is 0 Å². The van der Waals surface area contributed by atoms with Crippen LogP contribution in [0, 0.1) is 13.8 Å². The molecular weight excluding hydrogens is 328 g/mol. The molecule has 0 atom stereocenters. The number of ether oxygens (including phenoxy) is 1. The maximum Gasteiger partial charge on any atom is 0.264 e. The molecule has 0 spiro atoms. The van der Waals surface area contributed by atoms with Crippen LogP contribution in [0.3, 0.4) is 0 Å². The Balaban J connectivity index is 2.01. The average molecular weight is 347 g/mol. The molecule has 1 aromatic heterocycles. The fourth-order valence-electron chi connectivity index (χ4n) is 2.93. The van der Waals surface area contributed by atoms with Crippen LogP contribution in [-0.4, -0.2) is 17.6 Å². The third-order valence-electron chi connectivity index (χ3n) is 4.18. The largest absolute Gasteiger partial charge is 0.495 e. The second-order valence-electron chi connectivity index (χ2n) is 6.05. The van der Waals surface area contributed by atoms with Crippen LogP contribution < -0.4 is 15.6 Å². The summed E-state index contributed by atoms with van der Waals surface area (Å²) in [6.07, 6.45) is 1.96. The number of aromatic nitrogens is 1. The number of nitrogens with one attached hydrogen (secondary N) is 1. The van der Waals surface area contributed by atoms with Crippen LogP contribution in [0.25, 0.3) is 0 Å². The highest BCUT2D eigenvalue weighted by atomic mass is 35.5. The lowest BCUT2D eigenvalue weighted by atomic mass is 10.1. The zero-order valence-electron chi connectivity index (χ0n) is 13.9. The summed E-state index contributed by atoms with van der Waals surface area (Å²) in [7, 11) is 1.51. The van der Waals surface area contributed by atoms with E-state index < -0.39 is 5.91 Å². The minimum atomic E-state index is -0.451. The standard InChI is InChI=1S/C18H19ClN2O3/c1-10-8-11(2)21(13-5-6-13)18(23)16(10)17(22)20-14-9-12(19)4-7-15(14)24-3/h4,7-9,13H,5-6H2,1-3H3,(H,20,22). The Bertz CT molecular complexity index is 869. The number of nitrogens with zero attached hydrogens (tertiary/aromatic N) is 1.